The molecule has 0 saturated heterocycles. The lowest BCUT2D eigenvalue weighted by atomic mass is 10.1. The molecule has 0 aromatic heterocycles. The summed E-state index contributed by atoms with van der Waals surface area (Å²) in [6.07, 6.45) is 0. The van der Waals surface area contributed by atoms with Gasteiger partial charge in [0.1, 0.15) is 0 Å². The van der Waals surface area contributed by atoms with E-state index in [0.29, 0.717) is 52.1 Å². The number of rotatable bonds is 15. The molecule has 0 radical (unpaired) electrons. The Labute approximate surface area is 346 Å². The van der Waals surface area contributed by atoms with Crippen LogP contribution in [0.1, 0.15) is 77.6 Å². The van der Waals surface area contributed by atoms with Crippen LogP contribution in [0.15, 0.2) is 33.2 Å². The zero-order valence-corrected chi connectivity index (χ0v) is 41.4. The lowest BCUT2D eigenvalue weighted by Crippen LogP contribution is -2.41. The van der Waals surface area contributed by atoms with Crippen LogP contribution in [0.2, 0.25) is 36.3 Å². The molecular formula is C40H69Br2ClN2O6Si2. The molecule has 53 heavy (non-hydrogen) atoms. The van der Waals surface area contributed by atoms with Gasteiger partial charge in [-0.3, -0.25) is 9.59 Å². The molecule has 0 unspecified atom stereocenters. The van der Waals surface area contributed by atoms with Crippen molar-refractivity contribution >= 4 is 83.3 Å². The Hall–Kier alpha value is -1.10. The standard InChI is InChI=1S/C20H34BrNO3Si.C10H12BrNO.C10H23ClO2Si/c1-15-13-18(14-16(2)19(15)21)22(17(3)23)9-10-24-11-12-25-26(7,8)20(4,5)6;1-6-4-9(12-8(3)13)5-7(2)10(6)11;1-10(2,3)14(4,5)13-9-8-12-7-6-11/h13-14H,9-12H2,1-8H3;4-5H,1-3H3,(H,12,13);6-9H2,1-5H3. The molecule has 2 amide bonds. The van der Waals surface area contributed by atoms with Gasteiger partial charge in [0.25, 0.3) is 0 Å². The highest BCUT2D eigenvalue weighted by molar-refractivity contribution is 9.10. The fourth-order valence-electron chi connectivity index (χ4n) is 4.33. The van der Waals surface area contributed by atoms with E-state index in [1.54, 1.807) is 11.8 Å². The maximum absolute atomic E-state index is 12.1. The fourth-order valence-corrected chi connectivity index (χ4v) is 6.95. The number of anilines is 2. The van der Waals surface area contributed by atoms with Gasteiger partial charge in [0.05, 0.1) is 39.6 Å². The Morgan fingerprint density at radius 2 is 1.06 bits per heavy atom. The summed E-state index contributed by atoms with van der Waals surface area (Å²) in [7, 11) is -3.30. The number of nitrogens with one attached hydrogen (secondary N) is 1. The highest BCUT2D eigenvalue weighted by Gasteiger charge is 2.37. The Bertz CT molecular complexity index is 1400. The molecule has 1 N–H and O–H groups in total. The van der Waals surface area contributed by atoms with Gasteiger partial charge in [-0.25, -0.2) is 0 Å². The number of aryl methyl sites for hydroxylation is 4. The number of amides is 2. The first-order valence-electron chi connectivity index (χ1n) is 18.3. The van der Waals surface area contributed by atoms with Gasteiger partial charge in [-0.15, -0.1) is 11.6 Å². The molecule has 0 aliphatic carbocycles. The van der Waals surface area contributed by atoms with Gasteiger partial charge in [-0.05, 0) is 110 Å². The van der Waals surface area contributed by atoms with Crippen molar-refractivity contribution in [1.82, 2.24) is 0 Å². The van der Waals surface area contributed by atoms with E-state index < -0.39 is 16.6 Å². The average molecular weight is 925 g/mol. The molecule has 0 aliphatic heterocycles. The maximum Gasteiger partial charge on any atom is 0.223 e. The van der Waals surface area contributed by atoms with E-state index in [-0.39, 0.29) is 21.9 Å². The number of benzene rings is 2. The minimum atomic E-state index is -1.72. The highest BCUT2D eigenvalue weighted by atomic mass is 79.9. The molecule has 0 heterocycles. The molecule has 304 valence electrons. The second-order valence-electron chi connectivity index (χ2n) is 16.3. The van der Waals surface area contributed by atoms with Crippen LogP contribution in [-0.2, 0) is 27.9 Å². The lowest BCUT2D eigenvalue weighted by molar-refractivity contribution is -0.117. The summed E-state index contributed by atoms with van der Waals surface area (Å²) in [6, 6.07) is 7.94. The molecule has 0 bridgehead atoms. The number of halogens is 3. The summed E-state index contributed by atoms with van der Waals surface area (Å²) in [5.41, 5.74) is 6.26. The Kier molecular flexibility index (Phi) is 23.4. The second-order valence-corrected chi connectivity index (χ2v) is 27.9. The number of alkyl halides is 1. The maximum atomic E-state index is 12.1. The van der Waals surface area contributed by atoms with Crippen molar-refractivity contribution in [3.63, 3.8) is 0 Å². The number of carbonyl (C=O) groups is 2. The molecule has 13 heteroatoms. The SMILES string of the molecule is CC(=O)N(CCOCCO[Si](C)(C)C(C)(C)C)c1cc(C)c(Br)c(C)c1.CC(=O)Nc1cc(C)c(Br)c(C)c1.CC(C)(C)[Si](C)(C)OCCOCCCl. The van der Waals surface area contributed by atoms with E-state index in [2.05, 4.69) is 105 Å². The third-order valence-corrected chi connectivity index (χ3v) is 21.3. The summed E-state index contributed by atoms with van der Waals surface area (Å²) in [6.45, 7) is 37.7. The topological polar surface area (TPSA) is 86.3 Å². The van der Waals surface area contributed by atoms with E-state index in [4.69, 9.17) is 29.9 Å². The van der Waals surface area contributed by atoms with Gasteiger partial charge >= 0.3 is 0 Å². The van der Waals surface area contributed by atoms with Crippen molar-refractivity contribution in [2.24, 2.45) is 0 Å². The van der Waals surface area contributed by atoms with E-state index in [1.165, 1.54) is 6.92 Å². The van der Waals surface area contributed by atoms with Crippen LogP contribution in [0.4, 0.5) is 11.4 Å². The number of ether oxygens (including phenoxy) is 2. The predicted octanol–water partition coefficient (Wildman–Crippen LogP) is 11.7. The van der Waals surface area contributed by atoms with E-state index >= 15 is 0 Å². The van der Waals surface area contributed by atoms with Crippen LogP contribution < -0.4 is 10.2 Å². The van der Waals surface area contributed by atoms with Crippen molar-refractivity contribution in [3.8, 4) is 0 Å². The first-order chi connectivity index (χ1) is 24.2. The molecule has 0 aliphatic rings. The molecule has 0 saturated carbocycles. The monoisotopic (exact) mass is 922 g/mol. The van der Waals surface area contributed by atoms with E-state index in [9.17, 15) is 9.59 Å². The summed E-state index contributed by atoms with van der Waals surface area (Å²) in [5, 5.41) is 3.24. The Balaban J connectivity index is 0.000000843. The van der Waals surface area contributed by atoms with Gasteiger partial charge in [0.2, 0.25) is 11.8 Å². The first kappa shape index (κ1) is 51.9. The fraction of sp³-hybridized carbons (Fsp3) is 0.650. The largest absolute Gasteiger partial charge is 0.414 e. The Morgan fingerprint density at radius 3 is 1.40 bits per heavy atom. The molecule has 0 atom stereocenters. The number of carbonyl (C=O) groups excluding carboxylic acids is 2. The number of hydrogen-bond donors (Lipinski definition) is 1. The quantitative estimate of drug-likeness (QED) is 0.109. The van der Waals surface area contributed by atoms with Crippen LogP contribution in [0, 0.1) is 27.7 Å². The average Bonchev–Trinajstić information content (AvgIpc) is 3.00. The first-order valence-corrected chi connectivity index (χ1v) is 26.2. The third kappa shape index (κ3) is 19.6. The highest BCUT2D eigenvalue weighted by Crippen LogP contribution is 2.37. The van der Waals surface area contributed by atoms with Gasteiger partial charge in [-0.1, -0.05) is 73.4 Å². The zero-order chi connectivity index (χ0) is 41.4. The van der Waals surface area contributed by atoms with Crippen LogP contribution in [-0.4, -0.2) is 80.5 Å². The van der Waals surface area contributed by atoms with Crippen LogP contribution in [0.3, 0.4) is 0 Å². The smallest absolute Gasteiger partial charge is 0.223 e. The van der Waals surface area contributed by atoms with Crippen molar-refractivity contribution in [2.75, 3.05) is 62.3 Å². The normalized spacial score (nSPS) is 12.0. The predicted molar refractivity (Wildman–Crippen MR) is 238 cm³/mol. The van der Waals surface area contributed by atoms with Crippen molar-refractivity contribution in [2.45, 2.75) is 119 Å². The van der Waals surface area contributed by atoms with Crippen molar-refractivity contribution in [1.29, 1.82) is 0 Å². The molecule has 2 aromatic carbocycles. The molecule has 0 fully saturated rings. The van der Waals surface area contributed by atoms with Gasteiger partial charge in [-0.2, -0.15) is 0 Å². The summed E-state index contributed by atoms with van der Waals surface area (Å²) in [5.74, 6) is 0.536. The van der Waals surface area contributed by atoms with Gasteiger partial charge in [0.15, 0.2) is 16.6 Å². The van der Waals surface area contributed by atoms with E-state index in [1.807, 2.05) is 52.0 Å². The molecular weight excluding hydrogens is 856 g/mol. The third-order valence-electron chi connectivity index (χ3n) is 9.54. The van der Waals surface area contributed by atoms with Crippen molar-refractivity contribution in [3.05, 3.63) is 55.5 Å². The second kappa shape index (κ2) is 23.9. The molecule has 0 spiro atoms. The van der Waals surface area contributed by atoms with E-state index in [0.717, 1.165) is 42.6 Å². The van der Waals surface area contributed by atoms with Gasteiger partial charge < -0.3 is 28.5 Å². The Morgan fingerprint density at radius 1 is 0.679 bits per heavy atom. The number of hydrogen-bond acceptors (Lipinski definition) is 6. The van der Waals surface area contributed by atoms with Gasteiger partial charge in [0, 0.05) is 46.6 Å². The minimum Gasteiger partial charge on any atom is -0.414 e. The van der Waals surface area contributed by atoms with Crippen LogP contribution in [0.5, 0.6) is 0 Å². The molecule has 2 aromatic rings. The molecule has 2 rings (SSSR count). The molecule has 8 nitrogen and oxygen atoms in total. The summed E-state index contributed by atoms with van der Waals surface area (Å²) < 4.78 is 25.2. The zero-order valence-electron chi connectivity index (χ0n) is 35.5. The van der Waals surface area contributed by atoms with Crippen LogP contribution in [0.25, 0.3) is 0 Å². The lowest BCUT2D eigenvalue weighted by Gasteiger charge is -2.36. The minimum absolute atomic E-state index is 0.0206. The number of nitrogens with zero attached hydrogens (tertiary/aromatic N) is 1. The van der Waals surface area contributed by atoms with Crippen LogP contribution >= 0.6 is 43.5 Å². The summed E-state index contributed by atoms with van der Waals surface area (Å²) >= 11 is 12.5. The summed E-state index contributed by atoms with van der Waals surface area (Å²) in [4.78, 5) is 24.6. The van der Waals surface area contributed by atoms with Crippen molar-refractivity contribution < 1.29 is 27.9 Å².